The summed E-state index contributed by atoms with van der Waals surface area (Å²) in [4.78, 5) is 0. The van der Waals surface area contributed by atoms with Crippen LogP contribution >= 0.6 is 0 Å². The molecule has 0 unspecified atom stereocenters. The second-order valence-corrected chi connectivity index (χ2v) is 8.57. The number of benzene rings is 2. The van der Waals surface area contributed by atoms with Crippen molar-refractivity contribution >= 4 is 18.7 Å². The molecule has 0 amide bonds. The molecule has 0 atom stereocenters. The van der Waals surface area contributed by atoms with Crippen LogP contribution in [0.25, 0.3) is 0 Å². The zero-order valence-electron chi connectivity index (χ0n) is 11.8. The van der Waals surface area contributed by atoms with Gasteiger partial charge in [-0.05, 0) is 22.8 Å². The lowest BCUT2D eigenvalue weighted by atomic mass is 10.4. The van der Waals surface area contributed by atoms with Gasteiger partial charge in [0.2, 0.25) is 0 Å². The lowest BCUT2D eigenvalue weighted by molar-refractivity contribution is 0.316. The van der Waals surface area contributed by atoms with Crippen molar-refractivity contribution in [3.05, 3.63) is 60.7 Å². The van der Waals surface area contributed by atoms with E-state index >= 15 is 0 Å². The van der Waals surface area contributed by atoms with E-state index in [1.165, 1.54) is 10.4 Å². The molecule has 0 fully saturated rings. The van der Waals surface area contributed by atoms with Gasteiger partial charge in [-0.15, -0.1) is 0 Å². The molecular weight excluding hydrogens is 248 g/mol. The van der Waals surface area contributed by atoms with Crippen molar-refractivity contribution in [3.63, 3.8) is 0 Å². The summed E-state index contributed by atoms with van der Waals surface area (Å²) in [6.07, 6.45) is 1.06. The molecule has 2 rings (SSSR count). The Morgan fingerprint density at radius 3 is 1.63 bits per heavy atom. The molecule has 0 radical (unpaired) electrons. The maximum absolute atomic E-state index is 6.44. The molecule has 0 spiro atoms. The Morgan fingerprint density at radius 1 is 0.789 bits per heavy atom. The van der Waals surface area contributed by atoms with Crippen LogP contribution in [0.4, 0.5) is 0 Å². The highest BCUT2D eigenvalue weighted by molar-refractivity contribution is 6.97. The van der Waals surface area contributed by atoms with Crippen LogP contribution in [-0.2, 0) is 4.43 Å². The van der Waals surface area contributed by atoms with Crippen LogP contribution in [0.5, 0.6) is 0 Å². The van der Waals surface area contributed by atoms with Gasteiger partial charge < -0.3 is 4.43 Å². The van der Waals surface area contributed by atoms with E-state index in [9.17, 15) is 0 Å². The summed E-state index contributed by atoms with van der Waals surface area (Å²) in [5, 5.41) is 2.74. The summed E-state index contributed by atoms with van der Waals surface area (Å²) in [6.45, 7) is 5.26. The summed E-state index contributed by atoms with van der Waals surface area (Å²) < 4.78 is 6.44. The molecule has 100 valence electrons. The van der Waals surface area contributed by atoms with Crippen LogP contribution < -0.4 is 10.4 Å². The Bertz CT molecular complexity index is 442. The van der Waals surface area contributed by atoms with Gasteiger partial charge in [-0.25, -0.2) is 0 Å². The monoisotopic (exact) mass is 270 g/mol. The van der Waals surface area contributed by atoms with E-state index in [0.717, 1.165) is 19.1 Å². The standard InChI is InChI=1S/C17H22OSi/c1-3-15-18-19(4-2,16-11-7-5-8-12-16)17-13-9-6-10-14-17/h5-14H,3-4,15H2,1-2H3. The largest absolute Gasteiger partial charge is 0.408 e. The molecule has 0 bridgehead atoms. The first-order valence-corrected chi connectivity index (χ1v) is 9.20. The molecule has 2 aromatic carbocycles. The van der Waals surface area contributed by atoms with E-state index in [1.807, 2.05) is 0 Å². The summed E-state index contributed by atoms with van der Waals surface area (Å²) in [7, 11) is -2.04. The molecule has 0 aliphatic rings. The summed E-state index contributed by atoms with van der Waals surface area (Å²) in [5.41, 5.74) is 0. The van der Waals surface area contributed by atoms with Crippen LogP contribution in [0.1, 0.15) is 20.3 Å². The van der Waals surface area contributed by atoms with Gasteiger partial charge in [0.05, 0.1) is 0 Å². The Hall–Kier alpha value is -1.38. The number of rotatable bonds is 6. The zero-order valence-corrected chi connectivity index (χ0v) is 12.8. The summed E-state index contributed by atoms with van der Waals surface area (Å²) in [6, 6.07) is 22.6. The molecular formula is C17H22OSi. The first-order chi connectivity index (χ1) is 9.33. The maximum atomic E-state index is 6.44. The molecule has 0 heterocycles. The van der Waals surface area contributed by atoms with Gasteiger partial charge in [0.15, 0.2) is 0 Å². The van der Waals surface area contributed by atoms with Gasteiger partial charge in [-0.2, -0.15) is 0 Å². The second kappa shape index (κ2) is 6.69. The average Bonchev–Trinajstić information content (AvgIpc) is 2.51. The minimum Gasteiger partial charge on any atom is -0.408 e. The third kappa shape index (κ3) is 2.96. The third-order valence-corrected chi connectivity index (χ3v) is 7.76. The van der Waals surface area contributed by atoms with Gasteiger partial charge in [0, 0.05) is 6.61 Å². The summed E-state index contributed by atoms with van der Waals surface area (Å²) >= 11 is 0. The molecule has 2 heteroatoms. The molecule has 19 heavy (non-hydrogen) atoms. The molecule has 0 aliphatic heterocycles. The average molecular weight is 270 g/mol. The molecule has 0 saturated heterocycles. The van der Waals surface area contributed by atoms with E-state index in [4.69, 9.17) is 4.43 Å². The van der Waals surface area contributed by atoms with Gasteiger partial charge in [0.1, 0.15) is 0 Å². The Kier molecular flexibility index (Phi) is 4.94. The van der Waals surface area contributed by atoms with Gasteiger partial charge >= 0.3 is 0 Å². The number of hydrogen-bond acceptors (Lipinski definition) is 1. The van der Waals surface area contributed by atoms with E-state index in [2.05, 4.69) is 74.5 Å². The fourth-order valence-corrected chi connectivity index (χ4v) is 6.24. The molecule has 0 aliphatic carbocycles. The smallest absolute Gasteiger partial charge is 0.255 e. The van der Waals surface area contributed by atoms with Crippen LogP contribution in [0.15, 0.2) is 60.7 Å². The Labute approximate surface area is 117 Å². The first-order valence-electron chi connectivity index (χ1n) is 7.08. The van der Waals surface area contributed by atoms with Crippen LogP contribution in [0.3, 0.4) is 0 Å². The highest BCUT2D eigenvalue weighted by Crippen LogP contribution is 2.13. The van der Waals surface area contributed by atoms with E-state index in [0.29, 0.717) is 0 Å². The highest BCUT2D eigenvalue weighted by Gasteiger charge is 2.37. The predicted molar refractivity (Wildman–Crippen MR) is 84.6 cm³/mol. The van der Waals surface area contributed by atoms with Crippen molar-refractivity contribution in [2.45, 2.75) is 26.3 Å². The van der Waals surface area contributed by atoms with Crippen molar-refractivity contribution in [1.29, 1.82) is 0 Å². The maximum Gasteiger partial charge on any atom is 0.255 e. The van der Waals surface area contributed by atoms with Crippen LogP contribution in [-0.4, -0.2) is 14.9 Å². The molecule has 0 aromatic heterocycles. The Morgan fingerprint density at radius 2 is 1.26 bits per heavy atom. The predicted octanol–water partition coefficient (Wildman–Crippen LogP) is 3.19. The Balaban J connectivity index is 2.48. The molecule has 1 nitrogen and oxygen atoms in total. The third-order valence-electron chi connectivity index (χ3n) is 3.53. The molecule has 0 N–H and O–H groups in total. The second-order valence-electron chi connectivity index (χ2n) is 4.76. The van der Waals surface area contributed by atoms with Crippen molar-refractivity contribution in [2.24, 2.45) is 0 Å². The van der Waals surface area contributed by atoms with E-state index in [-0.39, 0.29) is 0 Å². The number of hydrogen-bond donors (Lipinski definition) is 0. The zero-order chi connectivity index (χ0) is 13.6. The van der Waals surface area contributed by atoms with Crippen molar-refractivity contribution in [2.75, 3.05) is 6.61 Å². The van der Waals surface area contributed by atoms with Crippen molar-refractivity contribution in [3.8, 4) is 0 Å². The minimum atomic E-state index is -2.04. The fourth-order valence-electron chi connectivity index (χ4n) is 2.53. The summed E-state index contributed by atoms with van der Waals surface area (Å²) in [5.74, 6) is 0. The highest BCUT2D eigenvalue weighted by atomic mass is 28.4. The normalized spacial score (nSPS) is 11.5. The topological polar surface area (TPSA) is 9.23 Å². The van der Waals surface area contributed by atoms with Crippen molar-refractivity contribution in [1.82, 2.24) is 0 Å². The van der Waals surface area contributed by atoms with Gasteiger partial charge in [-0.3, -0.25) is 0 Å². The quantitative estimate of drug-likeness (QED) is 0.733. The fraction of sp³-hybridized carbons (Fsp3) is 0.294. The van der Waals surface area contributed by atoms with Crippen LogP contribution in [0.2, 0.25) is 6.04 Å². The van der Waals surface area contributed by atoms with Gasteiger partial charge in [0.25, 0.3) is 8.32 Å². The first kappa shape index (κ1) is 14.0. The minimum absolute atomic E-state index is 0.837. The van der Waals surface area contributed by atoms with Gasteiger partial charge in [-0.1, -0.05) is 74.5 Å². The van der Waals surface area contributed by atoms with Crippen molar-refractivity contribution < 1.29 is 4.43 Å². The lowest BCUT2D eigenvalue weighted by Crippen LogP contribution is -2.60. The molecule has 2 aromatic rings. The van der Waals surface area contributed by atoms with E-state index in [1.54, 1.807) is 0 Å². The van der Waals surface area contributed by atoms with Crippen LogP contribution in [0, 0.1) is 0 Å². The SMILES string of the molecule is CCCO[Si](CC)(c1ccccc1)c1ccccc1. The lowest BCUT2D eigenvalue weighted by Gasteiger charge is -2.31. The van der Waals surface area contributed by atoms with E-state index < -0.39 is 8.32 Å². The molecule has 0 saturated carbocycles.